The lowest BCUT2D eigenvalue weighted by Gasteiger charge is -2.19. The molecule has 2 atom stereocenters. The maximum absolute atomic E-state index is 12.4. The lowest BCUT2D eigenvalue weighted by Crippen LogP contribution is -2.29. The molecule has 0 saturated heterocycles. The Morgan fingerprint density at radius 1 is 0.580 bits per heavy atom. The lowest BCUT2D eigenvalue weighted by atomic mass is 10.1. The van der Waals surface area contributed by atoms with Gasteiger partial charge in [0, 0.05) is 20.0 Å². The third kappa shape index (κ3) is 35.6. The highest BCUT2D eigenvalue weighted by atomic mass is 31.2. The highest BCUT2D eigenvalue weighted by Gasteiger charge is 2.24. The van der Waals surface area contributed by atoms with Gasteiger partial charge in [0.1, 0.15) is 6.61 Å². The molecular formula is C41H71O8P. The molecule has 1 N–H and O–H groups in total. The Morgan fingerprint density at radius 3 is 1.54 bits per heavy atom. The molecule has 0 aromatic rings. The molecule has 0 spiro atoms. The van der Waals surface area contributed by atoms with Crippen LogP contribution < -0.4 is 0 Å². The van der Waals surface area contributed by atoms with Gasteiger partial charge in [-0.2, -0.15) is 0 Å². The highest BCUT2D eigenvalue weighted by Crippen LogP contribution is 2.42. The molecule has 0 radical (unpaired) electrons. The van der Waals surface area contributed by atoms with Crippen molar-refractivity contribution in [2.45, 2.75) is 168 Å². The first-order chi connectivity index (χ1) is 24.3. The fourth-order valence-corrected chi connectivity index (χ4v) is 5.46. The first-order valence-electron chi connectivity index (χ1n) is 19.5. The SMILES string of the molecule is CC/C=C\C/C=C\C/C=C\CCCCCC(=O)OC(COC(=O)CCCCCCCCC/C=C\C/C=C\CCCCCC)COP(=O)(O)OC. The van der Waals surface area contributed by atoms with E-state index in [1.54, 1.807) is 0 Å². The van der Waals surface area contributed by atoms with Crippen LogP contribution >= 0.6 is 7.82 Å². The van der Waals surface area contributed by atoms with Gasteiger partial charge in [0.15, 0.2) is 6.10 Å². The molecule has 0 saturated carbocycles. The normalized spacial score (nSPS) is 14.1. The molecular weight excluding hydrogens is 651 g/mol. The summed E-state index contributed by atoms with van der Waals surface area (Å²) in [4.78, 5) is 34.3. The second kappa shape index (κ2) is 36.5. The summed E-state index contributed by atoms with van der Waals surface area (Å²) in [5.41, 5.74) is 0. The summed E-state index contributed by atoms with van der Waals surface area (Å²) >= 11 is 0. The first kappa shape index (κ1) is 47.8. The summed E-state index contributed by atoms with van der Waals surface area (Å²) in [5, 5.41) is 0. The van der Waals surface area contributed by atoms with E-state index in [-0.39, 0.29) is 25.4 Å². The van der Waals surface area contributed by atoms with E-state index in [0.29, 0.717) is 6.42 Å². The smallest absolute Gasteiger partial charge is 0.462 e. The molecule has 0 rings (SSSR count). The number of ether oxygens (including phenoxy) is 2. The second-order valence-corrected chi connectivity index (χ2v) is 14.2. The molecule has 0 aliphatic rings. The maximum Gasteiger partial charge on any atom is 0.472 e. The number of phosphoric ester groups is 1. The zero-order valence-electron chi connectivity index (χ0n) is 31.8. The molecule has 0 amide bonds. The number of hydrogen-bond donors (Lipinski definition) is 1. The Balaban J connectivity index is 4.09. The minimum atomic E-state index is -4.27. The van der Waals surface area contributed by atoms with Crippen molar-refractivity contribution in [1.82, 2.24) is 0 Å². The average Bonchev–Trinajstić information content (AvgIpc) is 3.10. The van der Waals surface area contributed by atoms with Crippen LogP contribution in [0, 0.1) is 0 Å². The largest absolute Gasteiger partial charge is 0.472 e. The minimum Gasteiger partial charge on any atom is -0.462 e. The van der Waals surface area contributed by atoms with Crippen molar-refractivity contribution < 1.29 is 37.6 Å². The number of carbonyl (C=O) groups is 2. The number of unbranched alkanes of at least 4 members (excludes halogenated alkanes) is 14. The van der Waals surface area contributed by atoms with E-state index in [9.17, 15) is 19.0 Å². The second-order valence-electron chi connectivity index (χ2n) is 12.7. The van der Waals surface area contributed by atoms with E-state index in [0.717, 1.165) is 84.2 Å². The van der Waals surface area contributed by atoms with Crippen LogP contribution in [0.15, 0.2) is 60.8 Å². The summed E-state index contributed by atoms with van der Waals surface area (Å²) in [5.74, 6) is -0.853. The van der Waals surface area contributed by atoms with E-state index in [1.807, 2.05) is 0 Å². The molecule has 288 valence electrons. The van der Waals surface area contributed by atoms with Crippen LogP contribution in [0.1, 0.15) is 162 Å². The number of phosphoric acid groups is 1. The van der Waals surface area contributed by atoms with Crippen LogP contribution in [0.4, 0.5) is 0 Å². The van der Waals surface area contributed by atoms with Gasteiger partial charge in [-0.05, 0) is 77.0 Å². The van der Waals surface area contributed by atoms with Crippen LogP contribution in [-0.4, -0.2) is 43.3 Å². The predicted molar refractivity (Wildman–Crippen MR) is 207 cm³/mol. The molecule has 2 unspecified atom stereocenters. The summed E-state index contributed by atoms with van der Waals surface area (Å²) in [7, 11) is -3.22. The number of rotatable bonds is 35. The molecule has 0 aromatic heterocycles. The van der Waals surface area contributed by atoms with Crippen molar-refractivity contribution in [3.8, 4) is 0 Å². The van der Waals surface area contributed by atoms with Gasteiger partial charge in [-0.25, -0.2) is 4.57 Å². The van der Waals surface area contributed by atoms with Gasteiger partial charge >= 0.3 is 19.8 Å². The van der Waals surface area contributed by atoms with Crippen LogP contribution in [-0.2, 0) is 32.7 Å². The van der Waals surface area contributed by atoms with Gasteiger partial charge in [0.2, 0.25) is 0 Å². The Hall–Kier alpha value is -2.25. The highest BCUT2D eigenvalue weighted by molar-refractivity contribution is 7.47. The van der Waals surface area contributed by atoms with Crippen LogP contribution in [0.3, 0.4) is 0 Å². The van der Waals surface area contributed by atoms with Gasteiger partial charge in [-0.3, -0.25) is 18.6 Å². The number of hydrogen-bond acceptors (Lipinski definition) is 7. The van der Waals surface area contributed by atoms with E-state index < -0.39 is 26.5 Å². The van der Waals surface area contributed by atoms with E-state index in [2.05, 4.69) is 79.1 Å². The Morgan fingerprint density at radius 2 is 1.02 bits per heavy atom. The maximum atomic E-state index is 12.4. The number of carbonyl (C=O) groups excluding carboxylic acids is 2. The standard InChI is InChI=1S/C41H71O8P/c1-4-6-8-10-12-14-16-18-19-20-21-22-24-25-27-29-31-33-35-40(42)47-37-39(38-48-50(44,45)46-3)49-41(43)36-34-32-30-28-26-23-17-15-13-11-9-7-5-2/h7,9,13-16,19-20,23,26,39H,4-6,8,10-12,17-18,21-22,24-25,27-38H2,1-3H3,(H,44,45)/b9-7-,15-13-,16-14-,20-19-,26-23-. The van der Waals surface area contributed by atoms with Gasteiger partial charge in [0.05, 0.1) is 6.61 Å². The van der Waals surface area contributed by atoms with E-state index in [4.69, 9.17) is 14.0 Å². The molecule has 8 nitrogen and oxygen atoms in total. The third-order valence-electron chi connectivity index (χ3n) is 8.00. The fourth-order valence-electron chi connectivity index (χ4n) is 5.00. The van der Waals surface area contributed by atoms with Gasteiger partial charge in [-0.15, -0.1) is 0 Å². The number of esters is 2. The van der Waals surface area contributed by atoms with Crippen LogP contribution in [0.5, 0.6) is 0 Å². The molecule has 50 heavy (non-hydrogen) atoms. The fraction of sp³-hybridized carbons (Fsp3) is 0.707. The van der Waals surface area contributed by atoms with Gasteiger partial charge in [0.25, 0.3) is 0 Å². The molecule has 0 aromatic carbocycles. The zero-order valence-corrected chi connectivity index (χ0v) is 32.7. The summed E-state index contributed by atoms with van der Waals surface area (Å²) in [6.07, 6.45) is 44.2. The number of allylic oxidation sites excluding steroid dienone is 10. The van der Waals surface area contributed by atoms with Crippen LogP contribution in [0.25, 0.3) is 0 Å². The van der Waals surface area contributed by atoms with Gasteiger partial charge < -0.3 is 14.4 Å². The molecule has 0 aliphatic heterocycles. The van der Waals surface area contributed by atoms with Crippen molar-refractivity contribution in [2.24, 2.45) is 0 Å². The van der Waals surface area contributed by atoms with Crippen molar-refractivity contribution in [1.29, 1.82) is 0 Å². The van der Waals surface area contributed by atoms with Crippen molar-refractivity contribution >= 4 is 19.8 Å². The summed E-state index contributed by atoms with van der Waals surface area (Å²) < 4.78 is 31.8. The molecule has 9 heteroatoms. The summed E-state index contributed by atoms with van der Waals surface area (Å²) in [6, 6.07) is 0. The van der Waals surface area contributed by atoms with E-state index in [1.165, 1.54) is 51.4 Å². The van der Waals surface area contributed by atoms with Crippen molar-refractivity contribution in [3.05, 3.63) is 60.8 Å². The van der Waals surface area contributed by atoms with Gasteiger partial charge in [-0.1, -0.05) is 132 Å². The Bertz CT molecular complexity index is 1000. The molecule has 0 fully saturated rings. The Labute approximate surface area is 305 Å². The predicted octanol–water partition coefficient (Wildman–Crippen LogP) is 12.0. The monoisotopic (exact) mass is 722 g/mol. The zero-order chi connectivity index (χ0) is 36.8. The summed E-state index contributed by atoms with van der Waals surface area (Å²) in [6.45, 7) is 3.71. The molecule has 0 bridgehead atoms. The molecule has 0 heterocycles. The minimum absolute atomic E-state index is 0.205. The van der Waals surface area contributed by atoms with Crippen molar-refractivity contribution in [3.63, 3.8) is 0 Å². The van der Waals surface area contributed by atoms with Crippen molar-refractivity contribution in [2.75, 3.05) is 20.3 Å². The lowest BCUT2D eigenvalue weighted by molar-refractivity contribution is -0.161. The average molecular weight is 723 g/mol. The van der Waals surface area contributed by atoms with E-state index >= 15 is 0 Å². The molecule has 0 aliphatic carbocycles. The topological polar surface area (TPSA) is 108 Å². The quantitative estimate of drug-likeness (QED) is 0.0298. The Kier molecular flexibility index (Phi) is 34.9. The van der Waals surface area contributed by atoms with Crippen LogP contribution in [0.2, 0.25) is 0 Å². The third-order valence-corrected chi connectivity index (χ3v) is 8.93. The first-order valence-corrected chi connectivity index (χ1v) is 21.0.